The highest BCUT2D eigenvalue weighted by Gasteiger charge is 2.34. The summed E-state index contributed by atoms with van der Waals surface area (Å²) in [5, 5.41) is 7.00. The summed E-state index contributed by atoms with van der Waals surface area (Å²) in [5.74, 6) is -0.130. The van der Waals surface area contributed by atoms with Gasteiger partial charge in [-0.15, -0.1) is 0 Å². The fraction of sp³-hybridized carbons (Fsp3) is 0.130. The lowest BCUT2D eigenvalue weighted by Crippen LogP contribution is -2.27. The monoisotopic (exact) mass is 452 g/mol. The van der Waals surface area contributed by atoms with Crippen molar-refractivity contribution in [3.8, 4) is 0 Å². The van der Waals surface area contributed by atoms with Crippen LogP contribution in [0.2, 0.25) is 5.02 Å². The van der Waals surface area contributed by atoms with Crippen molar-refractivity contribution in [3.63, 3.8) is 0 Å². The Morgan fingerprint density at radius 3 is 2.39 bits per heavy atom. The highest BCUT2D eigenvalue weighted by atomic mass is 79.9. The van der Waals surface area contributed by atoms with E-state index < -0.39 is 0 Å². The van der Waals surface area contributed by atoms with Crippen molar-refractivity contribution in [3.05, 3.63) is 105 Å². The number of hydrazone groups is 1. The first-order chi connectivity index (χ1) is 13.5. The van der Waals surface area contributed by atoms with Gasteiger partial charge in [0, 0.05) is 15.9 Å². The smallest absolute Gasteiger partial charge is 0.267 e. The Balaban J connectivity index is 1.75. The highest BCUT2D eigenvalue weighted by molar-refractivity contribution is 9.10. The van der Waals surface area contributed by atoms with Gasteiger partial charge in [0.25, 0.3) is 5.91 Å². The van der Waals surface area contributed by atoms with Gasteiger partial charge < -0.3 is 0 Å². The van der Waals surface area contributed by atoms with Crippen molar-refractivity contribution < 1.29 is 4.79 Å². The SMILES string of the molecule is Cc1ccc(C2=NN(C(=O)c3ccccc3Br)C(c3ccc(Cl)cc3)C2)cc1. The molecule has 28 heavy (non-hydrogen) atoms. The van der Waals surface area contributed by atoms with Crippen LogP contribution in [0.3, 0.4) is 0 Å². The maximum atomic E-state index is 13.3. The third-order valence-corrected chi connectivity index (χ3v) is 5.81. The van der Waals surface area contributed by atoms with E-state index >= 15 is 0 Å². The summed E-state index contributed by atoms with van der Waals surface area (Å²) in [4.78, 5) is 13.3. The zero-order valence-corrected chi connectivity index (χ0v) is 17.6. The van der Waals surface area contributed by atoms with E-state index in [4.69, 9.17) is 16.7 Å². The van der Waals surface area contributed by atoms with E-state index in [1.54, 1.807) is 5.01 Å². The molecule has 3 nitrogen and oxygen atoms in total. The number of hydrogen-bond donors (Lipinski definition) is 0. The Kier molecular flexibility index (Phi) is 5.33. The first-order valence-electron chi connectivity index (χ1n) is 9.01. The minimum absolute atomic E-state index is 0.130. The topological polar surface area (TPSA) is 32.7 Å². The summed E-state index contributed by atoms with van der Waals surface area (Å²) in [6, 6.07) is 23.1. The van der Waals surface area contributed by atoms with Crippen LogP contribution in [0.1, 0.15) is 39.5 Å². The molecule has 0 N–H and O–H groups in total. The van der Waals surface area contributed by atoms with E-state index in [9.17, 15) is 4.79 Å². The minimum Gasteiger partial charge on any atom is -0.267 e. The van der Waals surface area contributed by atoms with Crippen molar-refractivity contribution in [2.45, 2.75) is 19.4 Å². The number of amides is 1. The number of halogens is 2. The van der Waals surface area contributed by atoms with Crippen LogP contribution >= 0.6 is 27.5 Å². The van der Waals surface area contributed by atoms with Crippen LogP contribution in [0.4, 0.5) is 0 Å². The lowest BCUT2D eigenvalue weighted by molar-refractivity contribution is 0.0710. The standard InChI is InChI=1S/C23H18BrClN2O/c1-15-6-8-16(9-7-15)21-14-22(17-10-12-18(25)13-11-17)27(26-21)23(28)19-4-2-3-5-20(19)24/h2-13,22H,14H2,1H3. The number of nitrogens with zero attached hydrogens (tertiary/aromatic N) is 2. The Morgan fingerprint density at radius 1 is 1.04 bits per heavy atom. The van der Waals surface area contributed by atoms with Crippen LogP contribution in [-0.2, 0) is 0 Å². The van der Waals surface area contributed by atoms with E-state index in [1.807, 2.05) is 48.5 Å². The molecule has 140 valence electrons. The fourth-order valence-electron chi connectivity index (χ4n) is 3.32. The first kappa shape index (κ1) is 18.9. The normalized spacial score (nSPS) is 16.2. The van der Waals surface area contributed by atoms with E-state index in [0.717, 1.165) is 21.3 Å². The number of benzene rings is 3. The molecule has 5 heteroatoms. The maximum absolute atomic E-state index is 13.3. The predicted molar refractivity (Wildman–Crippen MR) is 117 cm³/mol. The van der Waals surface area contributed by atoms with Gasteiger partial charge in [-0.25, -0.2) is 5.01 Å². The van der Waals surface area contributed by atoms with Crippen LogP contribution in [0.15, 0.2) is 82.4 Å². The number of carbonyl (C=O) groups is 1. The largest absolute Gasteiger partial charge is 0.275 e. The summed E-state index contributed by atoms with van der Waals surface area (Å²) >= 11 is 9.54. The Morgan fingerprint density at radius 2 is 1.71 bits per heavy atom. The molecule has 0 aromatic heterocycles. The van der Waals surface area contributed by atoms with E-state index in [1.165, 1.54) is 5.56 Å². The molecule has 3 aromatic rings. The summed E-state index contributed by atoms with van der Waals surface area (Å²) in [7, 11) is 0. The quantitative estimate of drug-likeness (QED) is 0.451. The first-order valence-corrected chi connectivity index (χ1v) is 10.2. The lowest BCUT2D eigenvalue weighted by atomic mass is 9.97. The van der Waals surface area contributed by atoms with Crippen LogP contribution in [0, 0.1) is 6.92 Å². The van der Waals surface area contributed by atoms with Gasteiger partial charge in [-0.3, -0.25) is 4.79 Å². The molecule has 1 heterocycles. The third kappa shape index (κ3) is 3.75. The van der Waals surface area contributed by atoms with Gasteiger partial charge in [0.05, 0.1) is 17.3 Å². The molecule has 0 radical (unpaired) electrons. The number of aryl methyl sites for hydroxylation is 1. The molecule has 1 aliphatic rings. The van der Waals surface area contributed by atoms with Gasteiger partial charge in [-0.2, -0.15) is 5.10 Å². The molecule has 0 fully saturated rings. The second kappa shape index (κ2) is 7.90. The maximum Gasteiger partial charge on any atom is 0.275 e. The number of hydrogen-bond acceptors (Lipinski definition) is 2. The van der Waals surface area contributed by atoms with Gasteiger partial charge in [0.1, 0.15) is 0 Å². The van der Waals surface area contributed by atoms with Crippen LogP contribution < -0.4 is 0 Å². The molecular formula is C23H18BrClN2O. The molecule has 4 rings (SSSR count). The number of rotatable bonds is 3. The molecule has 1 unspecified atom stereocenters. The second-order valence-electron chi connectivity index (χ2n) is 6.81. The van der Waals surface area contributed by atoms with Gasteiger partial charge in [0.15, 0.2) is 0 Å². The Labute approximate surface area is 177 Å². The van der Waals surface area contributed by atoms with Gasteiger partial charge in [0.2, 0.25) is 0 Å². The molecule has 1 aliphatic heterocycles. The molecule has 3 aromatic carbocycles. The zero-order valence-electron chi connectivity index (χ0n) is 15.3. The summed E-state index contributed by atoms with van der Waals surface area (Å²) in [5.41, 5.74) is 4.73. The van der Waals surface area contributed by atoms with E-state index in [0.29, 0.717) is 17.0 Å². The predicted octanol–water partition coefficient (Wildman–Crippen LogP) is 6.40. The molecule has 0 saturated heterocycles. The lowest BCUT2D eigenvalue weighted by Gasteiger charge is -2.22. The van der Waals surface area contributed by atoms with Crippen LogP contribution in [0.5, 0.6) is 0 Å². The molecule has 1 atom stereocenters. The third-order valence-electron chi connectivity index (χ3n) is 4.86. The van der Waals surface area contributed by atoms with Gasteiger partial charge >= 0.3 is 0 Å². The van der Waals surface area contributed by atoms with Crippen LogP contribution in [0.25, 0.3) is 0 Å². The Bertz CT molecular complexity index is 1040. The van der Waals surface area contributed by atoms with E-state index in [2.05, 4.69) is 47.1 Å². The average Bonchev–Trinajstić information content (AvgIpc) is 3.14. The van der Waals surface area contributed by atoms with Crippen LogP contribution in [-0.4, -0.2) is 16.6 Å². The molecule has 0 bridgehead atoms. The fourth-order valence-corrected chi connectivity index (χ4v) is 3.90. The molecule has 1 amide bonds. The second-order valence-corrected chi connectivity index (χ2v) is 8.10. The molecular weight excluding hydrogens is 436 g/mol. The summed E-state index contributed by atoms with van der Waals surface area (Å²) in [6.07, 6.45) is 0.654. The minimum atomic E-state index is -0.173. The van der Waals surface area contributed by atoms with Crippen molar-refractivity contribution in [1.29, 1.82) is 0 Å². The number of carbonyl (C=O) groups excluding carboxylic acids is 1. The molecule has 0 aliphatic carbocycles. The average molecular weight is 454 g/mol. The summed E-state index contributed by atoms with van der Waals surface area (Å²) in [6.45, 7) is 2.06. The summed E-state index contributed by atoms with van der Waals surface area (Å²) < 4.78 is 0.758. The molecule has 0 saturated carbocycles. The van der Waals surface area contributed by atoms with Crippen molar-refractivity contribution in [1.82, 2.24) is 5.01 Å². The van der Waals surface area contributed by atoms with Crippen molar-refractivity contribution in [2.24, 2.45) is 5.10 Å². The van der Waals surface area contributed by atoms with Gasteiger partial charge in [-0.05, 0) is 58.2 Å². The van der Waals surface area contributed by atoms with Crippen molar-refractivity contribution >= 4 is 39.1 Å². The zero-order chi connectivity index (χ0) is 19.7. The van der Waals surface area contributed by atoms with Gasteiger partial charge in [-0.1, -0.05) is 65.7 Å². The molecule has 0 spiro atoms. The van der Waals surface area contributed by atoms with Crippen molar-refractivity contribution in [2.75, 3.05) is 0 Å². The Hall–Kier alpha value is -2.43. The highest BCUT2D eigenvalue weighted by Crippen LogP contribution is 2.35. The van der Waals surface area contributed by atoms with E-state index in [-0.39, 0.29) is 11.9 Å².